The van der Waals surface area contributed by atoms with Crippen molar-refractivity contribution in [3.8, 4) is 0 Å². The molecule has 3 rings (SSSR count). The quantitative estimate of drug-likeness (QED) is 0.719. The van der Waals surface area contributed by atoms with Crippen LogP contribution in [0.2, 0.25) is 0 Å². The van der Waals surface area contributed by atoms with E-state index >= 15 is 0 Å². The van der Waals surface area contributed by atoms with Crippen molar-refractivity contribution in [1.29, 1.82) is 0 Å². The number of aromatic nitrogens is 6. The monoisotopic (exact) mass is 347 g/mol. The molecule has 2 heterocycles. The summed E-state index contributed by atoms with van der Waals surface area (Å²) in [7, 11) is 0. The fraction of sp³-hybridized carbons (Fsp3) is 0.750. The first-order valence-corrected chi connectivity index (χ1v) is 8.92. The Morgan fingerprint density at radius 3 is 2.88 bits per heavy atom. The highest BCUT2D eigenvalue weighted by atomic mass is 16.5. The molecule has 136 valence electrons. The molecule has 0 atom stereocenters. The van der Waals surface area contributed by atoms with E-state index in [4.69, 9.17) is 4.52 Å². The van der Waals surface area contributed by atoms with Crippen LogP contribution in [-0.2, 0) is 17.8 Å². The minimum absolute atomic E-state index is 0.0404. The molecule has 0 unspecified atom stereocenters. The maximum atomic E-state index is 12.4. The molecule has 0 aromatic carbocycles. The Morgan fingerprint density at radius 1 is 1.36 bits per heavy atom. The van der Waals surface area contributed by atoms with Crippen molar-refractivity contribution in [1.82, 2.24) is 35.7 Å². The number of hydrogen-bond donors (Lipinski definition) is 1. The van der Waals surface area contributed by atoms with Gasteiger partial charge in [-0.05, 0) is 42.0 Å². The number of tetrazole rings is 1. The highest BCUT2D eigenvalue weighted by Gasteiger charge is 2.35. The summed E-state index contributed by atoms with van der Waals surface area (Å²) in [5, 5.41) is 18.2. The van der Waals surface area contributed by atoms with Crippen molar-refractivity contribution in [2.75, 3.05) is 6.54 Å². The first-order valence-electron chi connectivity index (χ1n) is 8.92. The molecule has 2 aromatic rings. The van der Waals surface area contributed by atoms with E-state index in [0.717, 1.165) is 32.1 Å². The van der Waals surface area contributed by atoms with Gasteiger partial charge in [0, 0.05) is 19.4 Å². The van der Waals surface area contributed by atoms with Crippen molar-refractivity contribution < 1.29 is 9.32 Å². The van der Waals surface area contributed by atoms with Crippen LogP contribution in [0.15, 0.2) is 10.9 Å². The standard InChI is InChI=1S/C16H25N7O2/c1-13-19-15(25-20-13)6-5-9-17-14(24)10-16(7-3-2-4-8-16)11-23-12-18-21-22-23/h12H,2-11H2,1H3,(H,17,24). The molecule has 1 aliphatic carbocycles. The number of carbonyl (C=O) groups is 1. The summed E-state index contributed by atoms with van der Waals surface area (Å²) in [6, 6.07) is 0. The lowest BCUT2D eigenvalue weighted by Gasteiger charge is -2.36. The molecule has 1 saturated carbocycles. The summed E-state index contributed by atoms with van der Waals surface area (Å²) in [5.41, 5.74) is -0.0404. The smallest absolute Gasteiger partial charge is 0.226 e. The molecule has 0 aliphatic heterocycles. The summed E-state index contributed by atoms with van der Waals surface area (Å²) in [6.07, 6.45) is 9.25. The highest BCUT2D eigenvalue weighted by Crippen LogP contribution is 2.40. The molecule has 0 radical (unpaired) electrons. The zero-order chi connectivity index (χ0) is 17.5. The molecule has 9 heteroatoms. The molecule has 0 spiro atoms. The minimum Gasteiger partial charge on any atom is -0.356 e. The Bertz CT molecular complexity index is 662. The van der Waals surface area contributed by atoms with Gasteiger partial charge < -0.3 is 9.84 Å². The maximum absolute atomic E-state index is 12.4. The number of nitrogens with zero attached hydrogens (tertiary/aromatic N) is 6. The van der Waals surface area contributed by atoms with Gasteiger partial charge in [-0.15, -0.1) is 5.10 Å². The third-order valence-corrected chi connectivity index (χ3v) is 4.80. The van der Waals surface area contributed by atoms with Crippen LogP contribution in [0.4, 0.5) is 0 Å². The van der Waals surface area contributed by atoms with E-state index in [1.807, 2.05) is 0 Å². The fourth-order valence-electron chi connectivity index (χ4n) is 3.60. The molecule has 2 aromatic heterocycles. The minimum atomic E-state index is -0.0404. The van der Waals surface area contributed by atoms with E-state index in [0.29, 0.717) is 37.6 Å². The summed E-state index contributed by atoms with van der Waals surface area (Å²) >= 11 is 0. The molecule has 1 aliphatic rings. The Labute approximate surface area is 146 Å². The zero-order valence-electron chi connectivity index (χ0n) is 14.6. The number of carbonyl (C=O) groups excluding carboxylic acids is 1. The summed E-state index contributed by atoms with van der Waals surface area (Å²) < 4.78 is 6.82. The Hall–Kier alpha value is -2.32. The van der Waals surface area contributed by atoms with Crippen LogP contribution < -0.4 is 5.32 Å². The van der Waals surface area contributed by atoms with Gasteiger partial charge in [0.05, 0.1) is 6.54 Å². The fourth-order valence-corrected chi connectivity index (χ4v) is 3.60. The second kappa shape index (κ2) is 8.17. The molecular formula is C16H25N7O2. The Kier molecular flexibility index (Phi) is 5.72. The predicted octanol–water partition coefficient (Wildman–Crippen LogP) is 1.45. The average Bonchev–Trinajstić information content (AvgIpc) is 3.24. The molecule has 1 N–H and O–H groups in total. The molecule has 1 fully saturated rings. The number of hydrogen-bond acceptors (Lipinski definition) is 7. The average molecular weight is 347 g/mol. The summed E-state index contributed by atoms with van der Waals surface area (Å²) in [4.78, 5) is 16.6. The van der Waals surface area contributed by atoms with Crippen molar-refractivity contribution in [2.24, 2.45) is 5.41 Å². The normalized spacial score (nSPS) is 16.7. The topological polar surface area (TPSA) is 112 Å². The van der Waals surface area contributed by atoms with E-state index in [-0.39, 0.29) is 11.3 Å². The van der Waals surface area contributed by atoms with E-state index < -0.39 is 0 Å². The van der Waals surface area contributed by atoms with Gasteiger partial charge in [-0.2, -0.15) is 4.98 Å². The van der Waals surface area contributed by atoms with Crippen molar-refractivity contribution in [3.63, 3.8) is 0 Å². The second-order valence-corrected chi connectivity index (χ2v) is 6.93. The van der Waals surface area contributed by atoms with Crippen molar-refractivity contribution >= 4 is 5.91 Å². The SMILES string of the molecule is Cc1noc(CCCNC(=O)CC2(Cn3cnnn3)CCCCC2)n1. The van der Waals surface area contributed by atoms with Crippen LogP contribution in [0, 0.1) is 12.3 Å². The van der Waals surface area contributed by atoms with Gasteiger partial charge in [-0.3, -0.25) is 4.79 Å². The highest BCUT2D eigenvalue weighted by molar-refractivity contribution is 5.76. The van der Waals surface area contributed by atoms with Gasteiger partial charge in [-0.25, -0.2) is 4.68 Å². The lowest BCUT2D eigenvalue weighted by Crippen LogP contribution is -2.37. The summed E-state index contributed by atoms with van der Waals surface area (Å²) in [5.74, 6) is 1.35. The van der Waals surface area contributed by atoms with Gasteiger partial charge in [0.25, 0.3) is 0 Å². The van der Waals surface area contributed by atoms with Crippen LogP contribution >= 0.6 is 0 Å². The maximum Gasteiger partial charge on any atom is 0.226 e. The zero-order valence-corrected chi connectivity index (χ0v) is 14.6. The molecule has 9 nitrogen and oxygen atoms in total. The van der Waals surface area contributed by atoms with Crippen LogP contribution in [0.3, 0.4) is 0 Å². The van der Waals surface area contributed by atoms with Crippen molar-refractivity contribution in [3.05, 3.63) is 18.0 Å². The predicted molar refractivity (Wildman–Crippen MR) is 88.3 cm³/mol. The molecule has 0 saturated heterocycles. The van der Waals surface area contributed by atoms with E-state index in [2.05, 4.69) is 31.0 Å². The van der Waals surface area contributed by atoms with E-state index in [1.165, 1.54) is 6.42 Å². The van der Waals surface area contributed by atoms with E-state index in [1.54, 1.807) is 17.9 Å². The molecular weight excluding hydrogens is 322 g/mol. The van der Waals surface area contributed by atoms with Gasteiger partial charge >= 0.3 is 0 Å². The first-order chi connectivity index (χ1) is 12.2. The van der Waals surface area contributed by atoms with E-state index in [9.17, 15) is 4.79 Å². The van der Waals surface area contributed by atoms with Crippen LogP contribution in [0.5, 0.6) is 0 Å². The molecule has 1 amide bonds. The number of aryl methyl sites for hydroxylation is 2. The first kappa shape index (κ1) is 17.5. The van der Waals surface area contributed by atoms with Crippen molar-refractivity contribution in [2.45, 2.75) is 64.8 Å². The Morgan fingerprint density at radius 2 is 2.20 bits per heavy atom. The largest absolute Gasteiger partial charge is 0.356 e. The second-order valence-electron chi connectivity index (χ2n) is 6.93. The number of rotatable bonds is 8. The number of nitrogens with one attached hydrogen (secondary N) is 1. The third-order valence-electron chi connectivity index (χ3n) is 4.80. The van der Waals surface area contributed by atoms with Gasteiger partial charge in [0.15, 0.2) is 5.82 Å². The van der Waals surface area contributed by atoms with Crippen LogP contribution in [0.25, 0.3) is 0 Å². The van der Waals surface area contributed by atoms with Gasteiger partial charge in [-0.1, -0.05) is 24.4 Å². The lowest BCUT2D eigenvalue weighted by atomic mass is 9.71. The van der Waals surface area contributed by atoms with Crippen LogP contribution in [0.1, 0.15) is 56.7 Å². The molecule has 25 heavy (non-hydrogen) atoms. The third kappa shape index (κ3) is 5.07. The van der Waals surface area contributed by atoms with Gasteiger partial charge in [0.1, 0.15) is 6.33 Å². The Balaban J connectivity index is 1.46. The van der Waals surface area contributed by atoms with Crippen LogP contribution in [-0.4, -0.2) is 42.8 Å². The summed E-state index contributed by atoms with van der Waals surface area (Å²) in [6.45, 7) is 3.11. The molecule has 0 bridgehead atoms. The lowest BCUT2D eigenvalue weighted by molar-refractivity contribution is -0.124. The van der Waals surface area contributed by atoms with Gasteiger partial charge in [0.2, 0.25) is 11.8 Å². The number of amides is 1.